The molecule has 0 bridgehead atoms. The van der Waals surface area contributed by atoms with E-state index in [4.69, 9.17) is 9.15 Å². The summed E-state index contributed by atoms with van der Waals surface area (Å²) in [6.45, 7) is 11.1. The van der Waals surface area contributed by atoms with E-state index in [0.717, 1.165) is 22.6 Å². The van der Waals surface area contributed by atoms with Gasteiger partial charge in [-0.05, 0) is 75.1 Å². The first kappa shape index (κ1) is 24.0. The van der Waals surface area contributed by atoms with E-state index in [1.165, 1.54) is 17.9 Å². The molecule has 1 atom stereocenters. The van der Waals surface area contributed by atoms with E-state index in [1.54, 1.807) is 26.0 Å². The number of nitrogens with zero attached hydrogens (tertiary/aromatic N) is 1. The molecule has 0 aliphatic heterocycles. The highest BCUT2D eigenvalue weighted by Gasteiger charge is 2.28. The summed E-state index contributed by atoms with van der Waals surface area (Å²) in [5.41, 5.74) is 5.53. The molecule has 33 heavy (non-hydrogen) atoms. The van der Waals surface area contributed by atoms with Gasteiger partial charge in [0, 0.05) is 22.6 Å². The summed E-state index contributed by atoms with van der Waals surface area (Å²) in [4.78, 5) is 37.8. The number of aryl methyl sites for hydroxylation is 3. The maximum Gasteiger partial charge on any atom is 0.329 e. The molecule has 0 saturated heterocycles. The quantitative estimate of drug-likeness (QED) is 0.404. The number of rotatable bonds is 8. The molecule has 0 unspecified atom stereocenters. The Morgan fingerprint density at radius 1 is 1.03 bits per heavy atom. The Balaban J connectivity index is 1.71. The molecule has 0 spiro atoms. The molecule has 7 nitrogen and oxygen atoms in total. The second-order valence-corrected chi connectivity index (χ2v) is 8.59. The number of hydrogen-bond acceptors (Lipinski definition) is 5. The Hall–Kier alpha value is -3.61. The third-order valence-electron chi connectivity index (χ3n) is 5.78. The number of hydrogen-bond donors (Lipinski definition) is 1. The third-order valence-corrected chi connectivity index (χ3v) is 5.78. The van der Waals surface area contributed by atoms with Crippen molar-refractivity contribution in [2.75, 3.05) is 6.61 Å². The van der Waals surface area contributed by atoms with E-state index >= 15 is 0 Å². The summed E-state index contributed by atoms with van der Waals surface area (Å²) in [6.07, 6.45) is 1.38. The zero-order valence-corrected chi connectivity index (χ0v) is 19.9. The zero-order chi connectivity index (χ0) is 24.3. The van der Waals surface area contributed by atoms with Crippen LogP contribution in [0.25, 0.3) is 5.69 Å². The standard InChI is InChI=1S/C26H30N2O5/c1-15(2)24(27-25(30)23-8-7-11-32-23)26(31)33-14-22(29)21-13-18(5)28(19(21)6)20-10-9-16(3)17(4)12-20/h7-13,15,24H,14H2,1-6H3,(H,27,30)/t24-/m1/s1. The van der Waals surface area contributed by atoms with Gasteiger partial charge in [0.25, 0.3) is 5.91 Å². The highest BCUT2D eigenvalue weighted by Crippen LogP contribution is 2.23. The number of aromatic nitrogens is 1. The normalized spacial score (nSPS) is 12.0. The van der Waals surface area contributed by atoms with Crippen molar-refractivity contribution in [1.82, 2.24) is 9.88 Å². The van der Waals surface area contributed by atoms with Crippen LogP contribution in [0.3, 0.4) is 0 Å². The molecule has 1 N–H and O–H groups in total. The highest BCUT2D eigenvalue weighted by atomic mass is 16.5. The molecule has 2 heterocycles. The Morgan fingerprint density at radius 3 is 2.36 bits per heavy atom. The highest BCUT2D eigenvalue weighted by molar-refractivity contribution is 6.00. The fourth-order valence-electron chi connectivity index (χ4n) is 3.73. The van der Waals surface area contributed by atoms with Crippen LogP contribution in [-0.2, 0) is 9.53 Å². The molecular weight excluding hydrogens is 420 g/mol. The van der Waals surface area contributed by atoms with Gasteiger partial charge in [-0.2, -0.15) is 0 Å². The number of benzene rings is 1. The molecule has 0 aliphatic carbocycles. The number of Topliss-reactive ketones (excluding diaryl/α,β-unsaturated/α-hetero) is 1. The molecule has 0 aliphatic rings. The monoisotopic (exact) mass is 450 g/mol. The van der Waals surface area contributed by atoms with Crippen molar-refractivity contribution >= 4 is 17.7 Å². The second kappa shape index (κ2) is 9.90. The molecule has 174 valence electrons. The number of nitrogens with one attached hydrogen (secondary N) is 1. The van der Waals surface area contributed by atoms with Crippen molar-refractivity contribution in [3.8, 4) is 5.69 Å². The van der Waals surface area contributed by atoms with Crippen molar-refractivity contribution in [2.45, 2.75) is 47.6 Å². The van der Waals surface area contributed by atoms with Crippen molar-refractivity contribution in [2.24, 2.45) is 5.92 Å². The molecule has 7 heteroatoms. The minimum Gasteiger partial charge on any atom is -0.459 e. The molecule has 0 radical (unpaired) electrons. The number of ketones is 1. The lowest BCUT2D eigenvalue weighted by atomic mass is 10.0. The number of furan rings is 1. The molecular formula is C26H30N2O5. The smallest absolute Gasteiger partial charge is 0.329 e. The van der Waals surface area contributed by atoms with Gasteiger partial charge in [-0.15, -0.1) is 0 Å². The summed E-state index contributed by atoms with van der Waals surface area (Å²) in [6, 6.07) is 10.1. The molecule has 0 saturated carbocycles. The van der Waals surface area contributed by atoms with Crippen LogP contribution in [0.2, 0.25) is 0 Å². The van der Waals surface area contributed by atoms with Crippen molar-refractivity contribution < 1.29 is 23.5 Å². The van der Waals surface area contributed by atoms with Gasteiger partial charge in [0.15, 0.2) is 12.4 Å². The minimum absolute atomic E-state index is 0.100. The average molecular weight is 451 g/mol. The van der Waals surface area contributed by atoms with Gasteiger partial charge in [-0.3, -0.25) is 9.59 Å². The summed E-state index contributed by atoms with van der Waals surface area (Å²) in [7, 11) is 0. The van der Waals surface area contributed by atoms with E-state index in [9.17, 15) is 14.4 Å². The van der Waals surface area contributed by atoms with Gasteiger partial charge >= 0.3 is 5.97 Å². The zero-order valence-electron chi connectivity index (χ0n) is 19.9. The fourth-order valence-corrected chi connectivity index (χ4v) is 3.73. The summed E-state index contributed by atoms with van der Waals surface area (Å²) < 4.78 is 12.4. The largest absolute Gasteiger partial charge is 0.459 e. The van der Waals surface area contributed by atoms with Crippen LogP contribution in [0.15, 0.2) is 47.1 Å². The average Bonchev–Trinajstić information content (AvgIpc) is 3.40. The van der Waals surface area contributed by atoms with Crippen LogP contribution in [0.5, 0.6) is 0 Å². The molecule has 3 aromatic rings. The van der Waals surface area contributed by atoms with Gasteiger partial charge in [-0.25, -0.2) is 4.79 Å². The van der Waals surface area contributed by atoms with Crippen LogP contribution in [0.4, 0.5) is 0 Å². The third kappa shape index (κ3) is 5.25. The van der Waals surface area contributed by atoms with Gasteiger partial charge in [-0.1, -0.05) is 19.9 Å². The maximum atomic E-state index is 12.9. The lowest BCUT2D eigenvalue weighted by Crippen LogP contribution is -2.45. The first-order valence-corrected chi connectivity index (χ1v) is 10.9. The summed E-state index contributed by atoms with van der Waals surface area (Å²) >= 11 is 0. The molecule has 1 aromatic carbocycles. The number of ether oxygens (including phenoxy) is 1. The molecule has 1 amide bonds. The molecule has 2 aromatic heterocycles. The Kier molecular flexibility index (Phi) is 7.21. The fraction of sp³-hybridized carbons (Fsp3) is 0.346. The second-order valence-electron chi connectivity index (χ2n) is 8.59. The number of carbonyl (C=O) groups is 3. The molecule has 0 fully saturated rings. The van der Waals surface area contributed by atoms with Crippen LogP contribution >= 0.6 is 0 Å². The lowest BCUT2D eigenvalue weighted by Gasteiger charge is -2.20. The summed E-state index contributed by atoms with van der Waals surface area (Å²) in [5.74, 6) is -1.61. The Morgan fingerprint density at radius 2 is 1.76 bits per heavy atom. The first-order chi connectivity index (χ1) is 15.6. The van der Waals surface area contributed by atoms with E-state index in [1.807, 2.05) is 31.4 Å². The Bertz CT molecular complexity index is 1170. The maximum absolute atomic E-state index is 12.9. The van der Waals surface area contributed by atoms with Crippen LogP contribution < -0.4 is 5.32 Å². The van der Waals surface area contributed by atoms with Crippen molar-refractivity contribution in [3.05, 3.63) is 76.5 Å². The van der Waals surface area contributed by atoms with Crippen molar-refractivity contribution in [1.29, 1.82) is 0 Å². The summed E-state index contributed by atoms with van der Waals surface area (Å²) in [5, 5.41) is 2.62. The van der Waals surface area contributed by atoms with Crippen LogP contribution in [0, 0.1) is 33.6 Å². The SMILES string of the molecule is Cc1ccc(-n2c(C)cc(C(=O)COC(=O)[C@H](NC(=O)c3ccco3)C(C)C)c2C)cc1C. The van der Waals surface area contributed by atoms with Crippen molar-refractivity contribution in [3.63, 3.8) is 0 Å². The van der Waals surface area contributed by atoms with E-state index < -0.39 is 24.5 Å². The van der Waals surface area contributed by atoms with Gasteiger partial charge in [0.05, 0.1) is 6.26 Å². The number of esters is 1. The molecule has 3 rings (SSSR count). The van der Waals surface area contributed by atoms with Gasteiger partial charge < -0.3 is 19.0 Å². The van der Waals surface area contributed by atoms with Gasteiger partial charge in [0.1, 0.15) is 6.04 Å². The predicted octanol–water partition coefficient (Wildman–Crippen LogP) is 4.48. The topological polar surface area (TPSA) is 90.5 Å². The Labute approximate surface area is 193 Å². The number of amides is 1. The van der Waals surface area contributed by atoms with Crippen LogP contribution in [-0.4, -0.2) is 34.9 Å². The predicted molar refractivity (Wildman–Crippen MR) is 125 cm³/mol. The van der Waals surface area contributed by atoms with Crippen LogP contribution in [0.1, 0.15) is 57.3 Å². The van der Waals surface area contributed by atoms with E-state index in [-0.39, 0.29) is 17.5 Å². The number of carbonyl (C=O) groups excluding carboxylic acids is 3. The lowest BCUT2D eigenvalue weighted by molar-refractivity contribution is -0.145. The first-order valence-electron chi connectivity index (χ1n) is 10.9. The minimum atomic E-state index is -0.904. The van der Waals surface area contributed by atoms with Gasteiger partial charge in [0.2, 0.25) is 5.78 Å². The van der Waals surface area contributed by atoms with E-state index in [2.05, 4.69) is 24.4 Å². The van der Waals surface area contributed by atoms with E-state index in [0.29, 0.717) is 5.56 Å².